The highest BCUT2D eigenvalue weighted by Crippen LogP contribution is 2.66. The van der Waals surface area contributed by atoms with Crippen LogP contribution in [-0.2, 0) is 23.9 Å². The van der Waals surface area contributed by atoms with E-state index >= 15 is 0 Å². The number of carboxylic acids is 2. The van der Waals surface area contributed by atoms with Gasteiger partial charge in [0.2, 0.25) is 5.91 Å². The molecule has 2 N–H and O–H groups in total. The van der Waals surface area contributed by atoms with Gasteiger partial charge in [-0.05, 0) is 91.8 Å². The Morgan fingerprint density at radius 2 is 1.70 bits per heavy atom. The van der Waals surface area contributed by atoms with Crippen molar-refractivity contribution >= 4 is 23.8 Å². The number of aliphatic carboxylic acids is 2. The smallest absolute Gasteiger partial charge is 0.325 e. The van der Waals surface area contributed by atoms with Gasteiger partial charge in [0.1, 0.15) is 12.6 Å². The highest BCUT2D eigenvalue weighted by atomic mass is 16.5. The number of hydrogen-bond donors (Lipinski definition) is 2. The van der Waals surface area contributed by atoms with Gasteiger partial charge in [-0.25, -0.2) is 0 Å². The lowest BCUT2D eigenvalue weighted by atomic mass is 9.47. The topological polar surface area (TPSA) is 121 Å². The van der Waals surface area contributed by atoms with Crippen LogP contribution >= 0.6 is 0 Å². The molecule has 4 aliphatic rings. The largest absolute Gasteiger partial charge is 0.481 e. The molecule has 3 fully saturated rings. The van der Waals surface area contributed by atoms with Crippen molar-refractivity contribution in [3.63, 3.8) is 0 Å². The van der Waals surface area contributed by atoms with Crippen molar-refractivity contribution in [1.29, 1.82) is 0 Å². The lowest BCUT2D eigenvalue weighted by molar-refractivity contribution is -0.156. The maximum absolute atomic E-state index is 12.9. The van der Waals surface area contributed by atoms with Crippen molar-refractivity contribution in [2.45, 2.75) is 130 Å². The Kier molecular flexibility index (Phi) is 11.0. The summed E-state index contributed by atoms with van der Waals surface area (Å²) in [6.07, 6.45) is 15.7. The molecule has 4 rings (SSSR count). The van der Waals surface area contributed by atoms with E-state index in [1.807, 2.05) is 0 Å². The molecule has 1 amide bonds. The first-order valence-corrected chi connectivity index (χ1v) is 16.9. The van der Waals surface area contributed by atoms with Gasteiger partial charge in [-0.2, -0.15) is 0 Å². The molecule has 0 aromatic carbocycles. The Hall–Kier alpha value is -2.38. The number of nitrogens with zero attached hydrogens (tertiary/aromatic N) is 1. The second kappa shape index (κ2) is 14.2. The van der Waals surface area contributed by atoms with Crippen LogP contribution in [0.25, 0.3) is 0 Å². The maximum atomic E-state index is 12.9. The number of allylic oxidation sites excluding steroid dienone is 1. The third-order valence-corrected chi connectivity index (χ3v) is 12.0. The lowest BCUT2D eigenvalue weighted by Crippen LogP contribution is -2.50. The average molecular weight is 602 g/mol. The summed E-state index contributed by atoms with van der Waals surface area (Å²) in [5.41, 5.74) is 2.04. The number of ether oxygens (including phenoxy) is 1. The van der Waals surface area contributed by atoms with Gasteiger partial charge < -0.3 is 19.8 Å². The number of carbonyl (C=O) groups excluding carboxylic acids is 2. The lowest BCUT2D eigenvalue weighted by Gasteiger charge is -2.58. The maximum Gasteiger partial charge on any atom is 0.325 e. The standard InChI is InChI=1S/C35H55NO7/c1-23(2)7-5-6-8-24-10-12-28-27-11-9-25-21-26(15-18-35(25,4)29(27)16-19-34(24,28)3)43-33(42)22-36(20-17-32(40)41)30(37)13-14-31(38)39/h9,23-24,26-29H,5-8,10-22H2,1-4H3,(H,38,39)(H,40,41). The molecule has 7 atom stereocenters. The fourth-order valence-corrected chi connectivity index (χ4v) is 9.53. The van der Waals surface area contributed by atoms with Crippen LogP contribution in [0.1, 0.15) is 124 Å². The summed E-state index contributed by atoms with van der Waals surface area (Å²) in [4.78, 5) is 48.5. The van der Waals surface area contributed by atoms with E-state index < -0.39 is 23.8 Å². The second-order valence-electron chi connectivity index (χ2n) is 15.0. The average Bonchev–Trinajstić information content (AvgIpc) is 3.28. The molecule has 8 nitrogen and oxygen atoms in total. The van der Waals surface area contributed by atoms with Crippen molar-refractivity contribution < 1.29 is 34.1 Å². The van der Waals surface area contributed by atoms with Crippen LogP contribution in [0.5, 0.6) is 0 Å². The van der Waals surface area contributed by atoms with Crippen molar-refractivity contribution in [1.82, 2.24) is 4.90 Å². The molecular weight excluding hydrogens is 546 g/mol. The zero-order chi connectivity index (χ0) is 31.4. The molecule has 0 aromatic rings. The first-order chi connectivity index (χ1) is 20.3. The molecular formula is C35H55NO7. The van der Waals surface area contributed by atoms with Gasteiger partial charge in [-0.1, -0.05) is 58.6 Å². The number of amides is 1. The van der Waals surface area contributed by atoms with Crippen LogP contribution in [0.4, 0.5) is 0 Å². The zero-order valence-electron chi connectivity index (χ0n) is 26.9. The molecule has 0 bridgehead atoms. The van der Waals surface area contributed by atoms with E-state index in [1.165, 1.54) is 56.9 Å². The van der Waals surface area contributed by atoms with Gasteiger partial charge in [-0.3, -0.25) is 19.2 Å². The molecule has 0 heterocycles. The van der Waals surface area contributed by atoms with Crippen LogP contribution in [0.15, 0.2) is 11.6 Å². The van der Waals surface area contributed by atoms with Gasteiger partial charge in [0.15, 0.2) is 0 Å². The molecule has 0 saturated heterocycles. The molecule has 7 unspecified atom stereocenters. The summed E-state index contributed by atoms with van der Waals surface area (Å²) in [6, 6.07) is 0. The Balaban J connectivity index is 1.34. The highest BCUT2D eigenvalue weighted by molar-refractivity contribution is 5.84. The third-order valence-electron chi connectivity index (χ3n) is 12.0. The van der Waals surface area contributed by atoms with Gasteiger partial charge in [0.05, 0.1) is 12.8 Å². The minimum Gasteiger partial charge on any atom is -0.481 e. The van der Waals surface area contributed by atoms with E-state index in [0.717, 1.165) is 47.8 Å². The second-order valence-corrected chi connectivity index (χ2v) is 15.0. The molecule has 0 radical (unpaired) electrons. The Bertz CT molecular complexity index is 1070. The molecule has 0 aromatic heterocycles. The molecule has 3 saturated carbocycles. The van der Waals surface area contributed by atoms with Gasteiger partial charge in [0.25, 0.3) is 0 Å². The van der Waals surface area contributed by atoms with Gasteiger partial charge in [0, 0.05) is 19.4 Å². The van der Waals surface area contributed by atoms with E-state index in [9.17, 15) is 19.2 Å². The SMILES string of the molecule is CC(C)CCCCC1CCC2C3CC=C4CC(OC(=O)CN(CCC(=O)O)C(=O)CCC(=O)O)CCC4(C)C3CCC12C. The first kappa shape index (κ1) is 33.5. The van der Waals surface area contributed by atoms with Crippen molar-refractivity contribution in [2.75, 3.05) is 13.1 Å². The summed E-state index contributed by atoms with van der Waals surface area (Å²) in [7, 11) is 0. The monoisotopic (exact) mass is 601 g/mol. The fraction of sp³-hybridized carbons (Fsp3) is 0.829. The van der Waals surface area contributed by atoms with Crippen LogP contribution < -0.4 is 0 Å². The summed E-state index contributed by atoms with van der Waals surface area (Å²) >= 11 is 0. The number of fused-ring (bicyclic) bond motifs is 5. The summed E-state index contributed by atoms with van der Waals surface area (Å²) in [5.74, 6) is 0.580. The molecule has 43 heavy (non-hydrogen) atoms. The molecule has 0 spiro atoms. The van der Waals surface area contributed by atoms with Crippen molar-refractivity contribution in [3.8, 4) is 0 Å². The van der Waals surface area contributed by atoms with E-state index in [4.69, 9.17) is 14.9 Å². The molecule has 4 aliphatic carbocycles. The Morgan fingerprint density at radius 3 is 2.40 bits per heavy atom. The van der Waals surface area contributed by atoms with Gasteiger partial charge >= 0.3 is 17.9 Å². The minimum absolute atomic E-state index is 0.142. The molecule has 242 valence electrons. The minimum atomic E-state index is -1.12. The number of esters is 1. The molecule has 8 heteroatoms. The van der Waals surface area contributed by atoms with E-state index in [1.54, 1.807) is 0 Å². The highest BCUT2D eigenvalue weighted by Gasteiger charge is 2.58. The number of unbranched alkanes of at least 4 members (excludes halogenated alkanes) is 1. The number of carbonyl (C=O) groups is 4. The Morgan fingerprint density at radius 1 is 0.953 bits per heavy atom. The summed E-state index contributed by atoms with van der Waals surface area (Å²) < 4.78 is 5.86. The quantitative estimate of drug-likeness (QED) is 0.127. The van der Waals surface area contributed by atoms with Crippen LogP contribution in [0.3, 0.4) is 0 Å². The summed E-state index contributed by atoms with van der Waals surface area (Å²) in [5, 5.41) is 18.0. The van der Waals surface area contributed by atoms with Crippen LogP contribution in [0, 0.1) is 40.4 Å². The normalized spacial score (nSPS) is 33.1. The predicted octanol–water partition coefficient (Wildman–Crippen LogP) is 6.86. The zero-order valence-corrected chi connectivity index (χ0v) is 26.9. The van der Waals surface area contributed by atoms with E-state index in [2.05, 4.69) is 33.8 Å². The summed E-state index contributed by atoms with van der Waals surface area (Å²) in [6.45, 7) is 9.19. The van der Waals surface area contributed by atoms with Crippen molar-refractivity contribution in [3.05, 3.63) is 11.6 Å². The van der Waals surface area contributed by atoms with Crippen molar-refractivity contribution in [2.24, 2.45) is 40.4 Å². The number of hydrogen-bond acceptors (Lipinski definition) is 5. The van der Waals surface area contributed by atoms with Crippen LogP contribution in [-0.4, -0.2) is 58.1 Å². The number of rotatable bonds is 14. The first-order valence-electron chi connectivity index (χ1n) is 16.9. The van der Waals surface area contributed by atoms with Crippen LogP contribution in [0.2, 0.25) is 0 Å². The molecule has 0 aliphatic heterocycles. The fourth-order valence-electron chi connectivity index (χ4n) is 9.53. The Labute approximate surface area is 258 Å². The third kappa shape index (κ3) is 7.83. The predicted molar refractivity (Wildman–Crippen MR) is 164 cm³/mol. The number of carboxylic acid groups (broad SMARTS) is 2. The van der Waals surface area contributed by atoms with E-state index in [-0.39, 0.29) is 43.9 Å². The van der Waals surface area contributed by atoms with Gasteiger partial charge in [-0.15, -0.1) is 0 Å². The van der Waals surface area contributed by atoms with E-state index in [0.29, 0.717) is 17.8 Å².